The van der Waals surface area contributed by atoms with Crippen molar-refractivity contribution in [2.24, 2.45) is 0 Å². The molecule has 3 heteroatoms. The molecule has 1 rings (SSSR count). The Kier molecular flexibility index (Phi) is 3.84. The van der Waals surface area contributed by atoms with E-state index < -0.39 is 11.6 Å². The summed E-state index contributed by atoms with van der Waals surface area (Å²) >= 11 is 0. The lowest BCUT2D eigenvalue weighted by atomic mass is 9.96. The van der Waals surface area contributed by atoms with E-state index in [2.05, 4.69) is 13.2 Å². The number of rotatable bonds is 4. The third-order valence-corrected chi connectivity index (χ3v) is 2.46. The molecule has 0 radical (unpaired) electrons. The minimum absolute atomic E-state index is 0.306. The molecule has 1 aromatic carbocycles. The van der Waals surface area contributed by atoms with Crippen LogP contribution in [-0.4, -0.2) is 5.97 Å². The third-order valence-electron chi connectivity index (χ3n) is 2.46. The fourth-order valence-corrected chi connectivity index (χ4v) is 1.28. The zero-order chi connectivity index (χ0) is 13.1. The second-order valence-electron chi connectivity index (χ2n) is 3.99. The Bertz CT molecular complexity index is 448. The van der Waals surface area contributed by atoms with Gasteiger partial charge in [-0.3, -0.25) is 0 Å². The molecule has 0 amide bonds. The van der Waals surface area contributed by atoms with Gasteiger partial charge in [0.15, 0.2) is 5.60 Å². The standard InChI is InChI=1S/C14H15FO2/c1-5-14(4,17-13(16)10(2)3)11-6-8-12(15)9-7-11/h5-9H,1-2H2,3-4H3. The van der Waals surface area contributed by atoms with Gasteiger partial charge in [0.25, 0.3) is 0 Å². The predicted octanol–water partition coefficient (Wildman–Crippen LogP) is 3.35. The summed E-state index contributed by atoms with van der Waals surface area (Å²) < 4.78 is 18.1. The summed E-state index contributed by atoms with van der Waals surface area (Å²) in [6.07, 6.45) is 1.50. The van der Waals surface area contributed by atoms with Crippen LogP contribution in [0.4, 0.5) is 4.39 Å². The molecule has 0 bridgehead atoms. The number of hydrogen-bond donors (Lipinski definition) is 0. The van der Waals surface area contributed by atoms with Crippen molar-refractivity contribution in [3.05, 3.63) is 60.5 Å². The van der Waals surface area contributed by atoms with Crippen LogP contribution in [0.1, 0.15) is 19.4 Å². The van der Waals surface area contributed by atoms with E-state index in [-0.39, 0.29) is 5.82 Å². The topological polar surface area (TPSA) is 26.3 Å². The summed E-state index contributed by atoms with van der Waals surface area (Å²) in [5.41, 5.74) is -0.0207. The zero-order valence-electron chi connectivity index (χ0n) is 10.00. The highest BCUT2D eigenvalue weighted by molar-refractivity contribution is 5.87. The number of esters is 1. The van der Waals surface area contributed by atoms with E-state index >= 15 is 0 Å². The van der Waals surface area contributed by atoms with E-state index in [9.17, 15) is 9.18 Å². The molecule has 0 aliphatic carbocycles. The quantitative estimate of drug-likeness (QED) is 0.453. The molecule has 0 aliphatic rings. The van der Waals surface area contributed by atoms with Crippen LogP contribution in [0, 0.1) is 5.82 Å². The molecule has 0 aromatic heterocycles. The Balaban J connectivity index is 3.03. The SMILES string of the molecule is C=CC(C)(OC(=O)C(=C)C)c1ccc(F)cc1. The van der Waals surface area contributed by atoms with Gasteiger partial charge in [-0.15, -0.1) is 0 Å². The third kappa shape index (κ3) is 3.03. The van der Waals surface area contributed by atoms with Crippen molar-refractivity contribution in [3.8, 4) is 0 Å². The maximum absolute atomic E-state index is 12.8. The van der Waals surface area contributed by atoms with Crippen LogP contribution in [0.2, 0.25) is 0 Å². The summed E-state index contributed by atoms with van der Waals surface area (Å²) in [5.74, 6) is -0.844. The number of ether oxygens (including phenoxy) is 1. The van der Waals surface area contributed by atoms with Crippen molar-refractivity contribution in [2.45, 2.75) is 19.4 Å². The molecule has 0 spiro atoms. The van der Waals surface area contributed by atoms with Gasteiger partial charge in [0.1, 0.15) is 5.82 Å². The predicted molar refractivity (Wildman–Crippen MR) is 64.9 cm³/mol. The lowest BCUT2D eigenvalue weighted by molar-refractivity contribution is -0.149. The summed E-state index contributed by atoms with van der Waals surface area (Å²) in [5, 5.41) is 0. The molecule has 1 atom stereocenters. The molecule has 0 saturated carbocycles. The van der Waals surface area contributed by atoms with Crippen molar-refractivity contribution in [1.82, 2.24) is 0 Å². The highest BCUT2D eigenvalue weighted by Crippen LogP contribution is 2.27. The normalized spacial score (nSPS) is 13.6. The summed E-state index contributed by atoms with van der Waals surface area (Å²) in [6, 6.07) is 5.74. The fourth-order valence-electron chi connectivity index (χ4n) is 1.28. The van der Waals surface area contributed by atoms with Gasteiger partial charge < -0.3 is 4.74 Å². The number of halogens is 1. The van der Waals surface area contributed by atoms with Crippen LogP contribution >= 0.6 is 0 Å². The van der Waals surface area contributed by atoms with Gasteiger partial charge in [-0.05, 0) is 37.6 Å². The molecule has 0 fully saturated rings. The van der Waals surface area contributed by atoms with Gasteiger partial charge in [-0.25, -0.2) is 9.18 Å². The van der Waals surface area contributed by atoms with E-state index in [0.717, 1.165) is 0 Å². The average Bonchev–Trinajstić information content (AvgIpc) is 2.29. The summed E-state index contributed by atoms with van der Waals surface area (Å²) in [4.78, 5) is 11.5. The van der Waals surface area contributed by atoms with Crippen molar-refractivity contribution in [1.29, 1.82) is 0 Å². The van der Waals surface area contributed by atoms with Crippen LogP contribution in [0.25, 0.3) is 0 Å². The van der Waals surface area contributed by atoms with E-state index in [4.69, 9.17) is 4.74 Å². The Hall–Kier alpha value is -1.90. The second kappa shape index (κ2) is 4.95. The van der Waals surface area contributed by atoms with Gasteiger partial charge in [-0.2, -0.15) is 0 Å². The highest BCUT2D eigenvalue weighted by Gasteiger charge is 2.27. The largest absolute Gasteiger partial charge is 0.447 e. The number of hydrogen-bond acceptors (Lipinski definition) is 2. The Labute approximate surface area is 100 Å². The van der Waals surface area contributed by atoms with E-state index in [1.807, 2.05) is 0 Å². The van der Waals surface area contributed by atoms with E-state index in [0.29, 0.717) is 11.1 Å². The molecule has 90 valence electrons. The van der Waals surface area contributed by atoms with E-state index in [1.165, 1.54) is 18.2 Å². The summed E-state index contributed by atoms with van der Waals surface area (Å²) in [6.45, 7) is 10.4. The molecular weight excluding hydrogens is 219 g/mol. The van der Waals surface area contributed by atoms with E-state index in [1.54, 1.807) is 26.0 Å². The lowest BCUT2D eigenvalue weighted by Crippen LogP contribution is -2.27. The first-order chi connectivity index (χ1) is 7.89. The fraction of sp³-hybridized carbons (Fsp3) is 0.214. The maximum atomic E-state index is 12.8. The van der Waals surface area contributed by atoms with Gasteiger partial charge >= 0.3 is 5.97 Å². The molecule has 0 saturated heterocycles. The molecule has 2 nitrogen and oxygen atoms in total. The van der Waals surface area contributed by atoms with Crippen LogP contribution in [-0.2, 0) is 15.1 Å². The molecule has 0 heterocycles. The molecule has 0 aliphatic heterocycles. The van der Waals surface area contributed by atoms with Crippen LogP contribution in [0.15, 0.2) is 49.1 Å². The Morgan fingerprint density at radius 1 is 1.41 bits per heavy atom. The molecule has 1 unspecified atom stereocenters. The minimum Gasteiger partial charge on any atom is -0.447 e. The van der Waals surface area contributed by atoms with Gasteiger partial charge in [0, 0.05) is 5.57 Å². The van der Waals surface area contributed by atoms with Gasteiger partial charge in [0.05, 0.1) is 0 Å². The first kappa shape index (κ1) is 13.2. The Morgan fingerprint density at radius 2 is 1.94 bits per heavy atom. The van der Waals surface area contributed by atoms with Gasteiger partial charge in [-0.1, -0.05) is 25.3 Å². The van der Waals surface area contributed by atoms with Crippen molar-refractivity contribution in [3.63, 3.8) is 0 Å². The van der Waals surface area contributed by atoms with Crippen molar-refractivity contribution < 1.29 is 13.9 Å². The van der Waals surface area contributed by atoms with Crippen molar-refractivity contribution >= 4 is 5.97 Å². The molecule has 0 N–H and O–H groups in total. The summed E-state index contributed by atoms with van der Waals surface area (Å²) in [7, 11) is 0. The second-order valence-corrected chi connectivity index (χ2v) is 3.99. The first-order valence-corrected chi connectivity index (χ1v) is 5.17. The first-order valence-electron chi connectivity index (χ1n) is 5.17. The van der Waals surface area contributed by atoms with Gasteiger partial charge in [0.2, 0.25) is 0 Å². The number of benzene rings is 1. The minimum atomic E-state index is -0.982. The molecule has 1 aromatic rings. The van der Waals surface area contributed by atoms with Crippen LogP contribution < -0.4 is 0 Å². The van der Waals surface area contributed by atoms with Crippen molar-refractivity contribution in [2.75, 3.05) is 0 Å². The van der Waals surface area contributed by atoms with Crippen LogP contribution in [0.5, 0.6) is 0 Å². The zero-order valence-corrected chi connectivity index (χ0v) is 10.00. The lowest BCUT2D eigenvalue weighted by Gasteiger charge is -2.26. The molecule has 17 heavy (non-hydrogen) atoms. The maximum Gasteiger partial charge on any atom is 0.334 e. The smallest absolute Gasteiger partial charge is 0.334 e. The monoisotopic (exact) mass is 234 g/mol. The van der Waals surface area contributed by atoms with Crippen LogP contribution in [0.3, 0.4) is 0 Å². The average molecular weight is 234 g/mol. The highest BCUT2D eigenvalue weighted by atomic mass is 19.1. The number of carbonyl (C=O) groups is 1. The molecular formula is C14H15FO2. The Morgan fingerprint density at radius 3 is 2.35 bits per heavy atom. The number of carbonyl (C=O) groups excluding carboxylic acids is 1.